The summed E-state index contributed by atoms with van der Waals surface area (Å²) >= 11 is 0. The number of hydrogen-bond acceptors (Lipinski definition) is 5. The second-order valence-electron chi connectivity index (χ2n) is 5.29. The second kappa shape index (κ2) is 7.80. The van der Waals surface area contributed by atoms with E-state index in [-0.39, 0.29) is 12.1 Å². The monoisotopic (exact) mass is 315 g/mol. The molecule has 0 spiro atoms. The SMILES string of the molecule is COc1ccccc1/C=C/CN[C@H]1COC[C@H]1Oc1cn[nH]c1. The van der Waals surface area contributed by atoms with Gasteiger partial charge in [-0.15, -0.1) is 0 Å². The van der Waals surface area contributed by atoms with Crippen LogP contribution in [0.25, 0.3) is 6.08 Å². The smallest absolute Gasteiger partial charge is 0.157 e. The highest BCUT2D eigenvalue weighted by atomic mass is 16.5. The number of H-pyrrole nitrogens is 1. The molecule has 6 heteroatoms. The Kier molecular flexibility index (Phi) is 5.29. The van der Waals surface area contributed by atoms with Crippen molar-refractivity contribution < 1.29 is 14.2 Å². The van der Waals surface area contributed by atoms with Crippen molar-refractivity contribution in [2.45, 2.75) is 12.1 Å². The van der Waals surface area contributed by atoms with Gasteiger partial charge < -0.3 is 19.5 Å². The molecule has 23 heavy (non-hydrogen) atoms. The van der Waals surface area contributed by atoms with Gasteiger partial charge in [0.1, 0.15) is 11.9 Å². The Morgan fingerprint density at radius 2 is 2.30 bits per heavy atom. The molecule has 1 saturated heterocycles. The van der Waals surface area contributed by atoms with Gasteiger partial charge in [0.2, 0.25) is 0 Å². The second-order valence-corrected chi connectivity index (χ2v) is 5.29. The average molecular weight is 315 g/mol. The average Bonchev–Trinajstić information content (AvgIpc) is 3.24. The number of aromatic amines is 1. The van der Waals surface area contributed by atoms with E-state index in [9.17, 15) is 0 Å². The maximum absolute atomic E-state index is 5.85. The quantitative estimate of drug-likeness (QED) is 0.816. The molecule has 122 valence electrons. The van der Waals surface area contributed by atoms with Crippen molar-refractivity contribution in [1.82, 2.24) is 15.5 Å². The maximum atomic E-state index is 5.85. The lowest BCUT2D eigenvalue weighted by atomic mass is 10.2. The first-order valence-electron chi connectivity index (χ1n) is 7.63. The molecule has 1 aliphatic rings. The zero-order valence-corrected chi connectivity index (χ0v) is 13.1. The van der Waals surface area contributed by atoms with E-state index in [4.69, 9.17) is 14.2 Å². The standard InChI is InChI=1S/C17H21N3O3/c1-21-16-7-3-2-5-13(16)6-4-8-18-15-11-22-12-17(15)23-14-9-19-20-10-14/h2-7,9-10,15,17-18H,8,11-12H2,1H3,(H,19,20)/b6-4+/t15-,17+/m0/s1. The molecule has 1 fully saturated rings. The lowest BCUT2D eigenvalue weighted by molar-refractivity contribution is 0.139. The van der Waals surface area contributed by atoms with Crippen molar-refractivity contribution in [3.63, 3.8) is 0 Å². The van der Waals surface area contributed by atoms with Crippen LogP contribution in [0.5, 0.6) is 11.5 Å². The van der Waals surface area contributed by atoms with Crippen molar-refractivity contribution in [3.8, 4) is 11.5 Å². The number of hydrogen-bond donors (Lipinski definition) is 2. The number of benzene rings is 1. The van der Waals surface area contributed by atoms with Crippen LogP contribution >= 0.6 is 0 Å². The molecule has 6 nitrogen and oxygen atoms in total. The minimum Gasteiger partial charge on any atom is -0.496 e. The highest BCUT2D eigenvalue weighted by Crippen LogP contribution is 2.18. The number of nitrogens with zero attached hydrogens (tertiary/aromatic N) is 1. The number of methoxy groups -OCH3 is 1. The van der Waals surface area contributed by atoms with Gasteiger partial charge in [0.05, 0.1) is 38.8 Å². The molecular formula is C17H21N3O3. The first-order chi connectivity index (χ1) is 11.4. The van der Waals surface area contributed by atoms with E-state index >= 15 is 0 Å². The van der Waals surface area contributed by atoms with Gasteiger partial charge in [-0.25, -0.2) is 0 Å². The van der Waals surface area contributed by atoms with Crippen molar-refractivity contribution in [2.75, 3.05) is 26.9 Å². The summed E-state index contributed by atoms with van der Waals surface area (Å²) in [5.74, 6) is 1.60. The summed E-state index contributed by atoms with van der Waals surface area (Å²) in [6, 6.07) is 8.09. The van der Waals surface area contributed by atoms with Gasteiger partial charge in [0, 0.05) is 12.1 Å². The Bertz CT molecular complexity index is 628. The Balaban J connectivity index is 1.50. The maximum Gasteiger partial charge on any atom is 0.157 e. The third-order valence-corrected chi connectivity index (χ3v) is 3.72. The van der Waals surface area contributed by atoms with Gasteiger partial charge in [0.15, 0.2) is 5.75 Å². The molecular weight excluding hydrogens is 294 g/mol. The lowest BCUT2D eigenvalue weighted by Gasteiger charge is -2.18. The van der Waals surface area contributed by atoms with Crippen molar-refractivity contribution in [2.24, 2.45) is 0 Å². The van der Waals surface area contributed by atoms with Gasteiger partial charge in [-0.1, -0.05) is 30.4 Å². The normalized spacial score (nSPS) is 20.9. The largest absolute Gasteiger partial charge is 0.496 e. The van der Waals surface area contributed by atoms with Gasteiger partial charge in [-0.3, -0.25) is 5.10 Å². The third-order valence-electron chi connectivity index (χ3n) is 3.72. The fourth-order valence-electron chi connectivity index (χ4n) is 2.53. The molecule has 0 radical (unpaired) electrons. The van der Waals surface area contributed by atoms with Gasteiger partial charge in [0.25, 0.3) is 0 Å². The van der Waals surface area contributed by atoms with E-state index in [0.717, 1.165) is 23.6 Å². The van der Waals surface area contributed by atoms with E-state index in [1.54, 1.807) is 19.5 Å². The van der Waals surface area contributed by atoms with Crippen LogP contribution in [0.4, 0.5) is 0 Å². The molecule has 1 aliphatic heterocycles. The molecule has 1 aromatic carbocycles. The first kappa shape index (κ1) is 15.6. The Morgan fingerprint density at radius 3 is 3.13 bits per heavy atom. The predicted molar refractivity (Wildman–Crippen MR) is 87.6 cm³/mol. The zero-order chi connectivity index (χ0) is 15.9. The fraction of sp³-hybridized carbons (Fsp3) is 0.353. The highest BCUT2D eigenvalue weighted by molar-refractivity contribution is 5.57. The van der Waals surface area contributed by atoms with Crippen LogP contribution in [0, 0.1) is 0 Å². The summed E-state index contributed by atoms with van der Waals surface area (Å²) in [5.41, 5.74) is 1.06. The Hall–Kier alpha value is -2.31. The zero-order valence-electron chi connectivity index (χ0n) is 13.1. The van der Waals surface area contributed by atoms with Crippen LogP contribution < -0.4 is 14.8 Å². The van der Waals surface area contributed by atoms with Gasteiger partial charge in [-0.05, 0) is 6.07 Å². The highest BCUT2D eigenvalue weighted by Gasteiger charge is 2.29. The first-order valence-corrected chi connectivity index (χ1v) is 7.63. The molecule has 1 aromatic heterocycles. The minimum atomic E-state index is -0.00717. The summed E-state index contributed by atoms with van der Waals surface area (Å²) in [4.78, 5) is 0. The van der Waals surface area contributed by atoms with E-state index < -0.39 is 0 Å². The van der Waals surface area contributed by atoms with Crippen LogP contribution in [0.3, 0.4) is 0 Å². The number of ether oxygens (including phenoxy) is 3. The fourth-order valence-corrected chi connectivity index (χ4v) is 2.53. The molecule has 0 amide bonds. The summed E-state index contributed by atoms with van der Waals surface area (Å²) in [7, 11) is 1.68. The van der Waals surface area contributed by atoms with E-state index in [1.807, 2.05) is 30.3 Å². The molecule has 0 unspecified atom stereocenters. The van der Waals surface area contributed by atoms with Gasteiger partial charge >= 0.3 is 0 Å². The summed E-state index contributed by atoms with van der Waals surface area (Å²) in [6.45, 7) is 1.96. The summed E-state index contributed by atoms with van der Waals surface area (Å²) in [5, 5.41) is 10.1. The Labute approximate surface area is 135 Å². The molecule has 2 atom stereocenters. The van der Waals surface area contributed by atoms with Crippen LogP contribution in [-0.2, 0) is 4.74 Å². The van der Waals surface area contributed by atoms with Crippen molar-refractivity contribution >= 4 is 6.08 Å². The lowest BCUT2D eigenvalue weighted by Crippen LogP contribution is -2.42. The third kappa shape index (κ3) is 4.12. The predicted octanol–water partition coefficient (Wildman–Crippen LogP) is 1.87. The topological polar surface area (TPSA) is 68.4 Å². The number of aromatic nitrogens is 2. The van der Waals surface area contributed by atoms with Crippen LogP contribution in [-0.4, -0.2) is 49.2 Å². The molecule has 3 rings (SSSR count). The van der Waals surface area contributed by atoms with E-state index in [1.165, 1.54) is 0 Å². The molecule has 2 N–H and O–H groups in total. The van der Waals surface area contributed by atoms with Crippen LogP contribution in [0.15, 0.2) is 42.7 Å². The van der Waals surface area contributed by atoms with Gasteiger partial charge in [-0.2, -0.15) is 5.10 Å². The summed E-state index contributed by atoms with van der Waals surface area (Å²) < 4.78 is 16.7. The molecule has 2 aromatic rings. The molecule has 2 heterocycles. The van der Waals surface area contributed by atoms with Crippen molar-refractivity contribution in [1.29, 1.82) is 0 Å². The Morgan fingerprint density at radius 1 is 1.39 bits per heavy atom. The number of para-hydroxylation sites is 1. The van der Waals surface area contributed by atoms with Crippen LogP contribution in [0.2, 0.25) is 0 Å². The van der Waals surface area contributed by atoms with Crippen molar-refractivity contribution in [3.05, 3.63) is 48.3 Å². The minimum absolute atomic E-state index is 0.00717. The molecule has 0 aliphatic carbocycles. The number of rotatable bonds is 7. The summed E-state index contributed by atoms with van der Waals surface area (Å²) in [6.07, 6.45) is 7.51. The molecule has 0 bridgehead atoms. The van der Waals surface area contributed by atoms with E-state index in [0.29, 0.717) is 13.2 Å². The number of nitrogens with one attached hydrogen (secondary N) is 2. The molecule has 0 saturated carbocycles. The van der Waals surface area contributed by atoms with Crippen LogP contribution in [0.1, 0.15) is 5.56 Å². The van der Waals surface area contributed by atoms with E-state index in [2.05, 4.69) is 21.6 Å².